The molecule has 1 heterocycles. The van der Waals surface area contributed by atoms with Crippen LogP contribution >= 0.6 is 0 Å². The third-order valence-electron chi connectivity index (χ3n) is 3.58. The Hall–Kier alpha value is -1.39. The summed E-state index contributed by atoms with van der Waals surface area (Å²) in [5.41, 5.74) is 3.78. The van der Waals surface area contributed by atoms with Crippen LogP contribution in [0.3, 0.4) is 0 Å². The molecule has 2 rings (SSSR count). The van der Waals surface area contributed by atoms with E-state index in [1.807, 2.05) is 0 Å². The molecule has 1 aromatic rings. The van der Waals surface area contributed by atoms with Gasteiger partial charge in [0.15, 0.2) is 0 Å². The molecule has 1 aliphatic heterocycles. The Morgan fingerprint density at radius 1 is 1.33 bits per heavy atom. The Balaban J connectivity index is 1.60. The molecule has 1 fully saturated rings. The molecule has 0 spiro atoms. The number of carbonyl (C=O) groups is 1. The van der Waals surface area contributed by atoms with Crippen molar-refractivity contribution in [2.75, 3.05) is 26.4 Å². The van der Waals surface area contributed by atoms with E-state index in [1.54, 1.807) is 0 Å². The zero-order chi connectivity index (χ0) is 15.1. The molecule has 116 valence electrons. The summed E-state index contributed by atoms with van der Waals surface area (Å²) in [4.78, 5) is 11.7. The first-order valence-corrected chi connectivity index (χ1v) is 7.67. The van der Waals surface area contributed by atoms with Crippen LogP contribution in [0.4, 0.5) is 0 Å². The van der Waals surface area contributed by atoms with Crippen molar-refractivity contribution in [2.24, 2.45) is 0 Å². The van der Waals surface area contributed by atoms with Crippen molar-refractivity contribution in [3.63, 3.8) is 0 Å². The summed E-state index contributed by atoms with van der Waals surface area (Å²) >= 11 is 0. The fourth-order valence-electron chi connectivity index (χ4n) is 2.67. The largest absolute Gasteiger partial charge is 0.376 e. The van der Waals surface area contributed by atoms with Crippen molar-refractivity contribution in [1.82, 2.24) is 5.32 Å². The van der Waals surface area contributed by atoms with E-state index in [0.29, 0.717) is 13.2 Å². The van der Waals surface area contributed by atoms with Gasteiger partial charge in [-0.2, -0.15) is 0 Å². The second kappa shape index (κ2) is 8.15. The van der Waals surface area contributed by atoms with Gasteiger partial charge in [-0.25, -0.2) is 0 Å². The summed E-state index contributed by atoms with van der Waals surface area (Å²) in [6, 6.07) is 6.47. The van der Waals surface area contributed by atoms with Crippen LogP contribution in [0.25, 0.3) is 0 Å². The predicted molar refractivity (Wildman–Crippen MR) is 82.4 cm³/mol. The molecule has 1 amide bonds. The fourth-order valence-corrected chi connectivity index (χ4v) is 2.67. The Morgan fingerprint density at radius 3 is 2.76 bits per heavy atom. The number of rotatable bonds is 7. The predicted octanol–water partition coefficient (Wildman–Crippen LogP) is 2.16. The van der Waals surface area contributed by atoms with Crippen LogP contribution in [0.15, 0.2) is 18.2 Å². The van der Waals surface area contributed by atoms with Crippen molar-refractivity contribution >= 4 is 5.91 Å². The van der Waals surface area contributed by atoms with Gasteiger partial charge < -0.3 is 14.8 Å². The smallest absolute Gasteiger partial charge is 0.246 e. The number of benzene rings is 1. The summed E-state index contributed by atoms with van der Waals surface area (Å²) < 4.78 is 10.8. The number of ether oxygens (including phenoxy) is 2. The summed E-state index contributed by atoms with van der Waals surface area (Å²) in [5.74, 6) is -0.0580. The molecule has 0 unspecified atom stereocenters. The zero-order valence-corrected chi connectivity index (χ0v) is 13.0. The summed E-state index contributed by atoms with van der Waals surface area (Å²) in [7, 11) is 0. The van der Waals surface area contributed by atoms with Crippen LogP contribution < -0.4 is 5.32 Å². The highest BCUT2D eigenvalue weighted by Gasteiger charge is 2.15. The molecular formula is C17H25NO3. The van der Waals surface area contributed by atoms with Crippen molar-refractivity contribution in [2.45, 2.75) is 39.2 Å². The average Bonchev–Trinajstić information content (AvgIpc) is 2.91. The highest BCUT2D eigenvalue weighted by Crippen LogP contribution is 2.11. The third-order valence-corrected chi connectivity index (χ3v) is 3.58. The molecule has 1 saturated heterocycles. The summed E-state index contributed by atoms with van der Waals surface area (Å²) in [5, 5.41) is 2.89. The lowest BCUT2D eigenvalue weighted by molar-refractivity contribution is -0.126. The summed E-state index contributed by atoms with van der Waals surface area (Å²) in [6.45, 7) is 6.28. The molecule has 1 N–H and O–H groups in total. The van der Waals surface area contributed by atoms with Crippen LogP contribution in [0.5, 0.6) is 0 Å². The van der Waals surface area contributed by atoms with Crippen molar-refractivity contribution < 1.29 is 14.3 Å². The third kappa shape index (κ3) is 5.86. The average molecular weight is 291 g/mol. The minimum atomic E-state index is -0.0580. The van der Waals surface area contributed by atoms with Gasteiger partial charge in [-0.1, -0.05) is 29.3 Å². The van der Waals surface area contributed by atoms with Gasteiger partial charge in [0.25, 0.3) is 0 Å². The normalized spacial score (nSPS) is 17.9. The van der Waals surface area contributed by atoms with Crippen LogP contribution in [-0.2, 0) is 20.7 Å². The number of hydrogen-bond donors (Lipinski definition) is 1. The number of aryl methyl sites for hydroxylation is 2. The molecule has 0 aromatic heterocycles. The number of amides is 1. The second-order valence-electron chi connectivity index (χ2n) is 5.75. The van der Waals surface area contributed by atoms with Crippen LogP contribution in [0.1, 0.15) is 29.5 Å². The Morgan fingerprint density at radius 2 is 2.10 bits per heavy atom. The van der Waals surface area contributed by atoms with Crippen LogP contribution in [0, 0.1) is 13.8 Å². The Kier molecular flexibility index (Phi) is 6.21. The lowest BCUT2D eigenvalue weighted by atomic mass is 10.1. The quantitative estimate of drug-likeness (QED) is 0.837. The first kappa shape index (κ1) is 16.0. The number of hydrogen-bond acceptors (Lipinski definition) is 3. The molecule has 21 heavy (non-hydrogen) atoms. The molecule has 0 aliphatic carbocycles. The van der Waals surface area contributed by atoms with Crippen LogP contribution in [-0.4, -0.2) is 38.4 Å². The Labute approximate surface area is 126 Å². The number of carbonyl (C=O) groups excluding carboxylic acids is 1. The van der Waals surface area contributed by atoms with E-state index in [9.17, 15) is 4.79 Å². The van der Waals surface area contributed by atoms with Gasteiger partial charge in [-0.05, 0) is 38.7 Å². The lowest BCUT2D eigenvalue weighted by Crippen LogP contribution is -2.30. The van der Waals surface area contributed by atoms with Gasteiger partial charge >= 0.3 is 0 Å². The first-order chi connectivity index (χ1) is 10.1. The van der Waals surface area contributed by atoms with E-state index in [0.717, 1.165) is 25.9 Å². The highest BCUT2D eigenvalue weighted by atomic mass is 16.5. The standard InChI is InChI=1S/C17H25NO3/c1-13-8-14(2)10-15(9-13)5-6-18-17(19)12-20-11-16-4-3-7-21-16/h8-10,16H,3-7,11-12H2,1-2H3,(H,18,19)/t16-/m1/s1. The van der Waals surface area contributed by atoms with Gasteiger partial charge in [-0.3, -0.25) is 4.79 Å². The maximum Gasteiger partial charge on any atom is 0.246 e. The van der Waals surface area contributed by atoms with Crippen molar-refractivity contribution in [3.8, 4) is 0 Å². The van der Waals surface area contributed by atoms with E-state index in [1.165, 1.54) is 16.7 Å². The molecule has 1 aromatic carbocycles. The van der Waals surface area contributed by atoms with Gasteiger partial charge in [0.2, 0.25) is 5.91 Å². The molecule has 4 nitrogen and oxygen atoms in total. The van der Waals surface area contributed by atoms with Crippen LogP contribution in [0.2, 0.25) is 0 Å². The van der Waals surface area contributed by atoms with Gasteiger partial charge in [0, 0.05) is 13.2 Å². The summed E-state index contributed by atoms with van der Waals surface area (Å²) in [6.07, 6.45) is 3.15. The SMILES string of the molecule is Cc1cc(C)cc(CCNC(=O)COC[C@H]2CCCO2)c1. The monoisotopic (exact) mass is 291 g/mol. The number of nitrogens with one attached hydrogen (secondary N) is 1. The van der Waals surface area contributed by atoms with E-state index < -0.39 is 0 Å². The first-order valence-electron chi connectivity index (χ1n) is 7.67. The zero-order valence-electron chi connectivity index (χ0n) is 13.0. The fraction of sp³-hybridized carbons (Fsp3) is 0.588. The topological polar surface area (TPSA) is 47.6 Å². The molecule has 0 radical (unpaired) electrons. The minimum Gasteiger partial charge on any atom is -0.376 e. The molecule has 1 atom stereocenters. The molecule has 0 saturated carbocycles. The van der Waals surface area contributed by atoms with E-state index in [4.69, 9.17) is 9.47 Å². The van der Waals surface area contributed by atoms with Crippen molar-refractivity contribution in [1.29, 1.82) is 0 Å². The lowest BCUT2D eigenvalue weighted by Gasteiger charge is -2.10. The molecular weight excluding hydrogens is 266 g/mol. The van der Waals surface area contributed by atoms with E-state index >= 15 is 0 Å². The van der Waals surface area contributed by atoms with Gasteiger partial charge in [0.05, 0.1) is 12.7 Å². The molecule has 4 heteroatoms. The molecule has 1 aliphatic rings. The van der Waals surface area contributed by atoms with E-state index in [-0.39, 0.29) is 18.6 Å². The van der Waals surface area contributed by atoms with E-state index in [2.05, 4.69) is 37.4 Å². The van der Waals surface area contributed by atoms with Gasteiger partial charge in [-0.15, -0.1) is 0 Å². The minimum absolute atomic E-state index is 0.0580. The molecule has 0 bridgehead atoms. The van der Waals surface area contributed by atoms with Crippen molar-refractivity contribution in [3.05, 3.63) is 34.9 Å². The highest BCUT2D eigenvalue weighted by molar-refractivity contribution is 5.77. The van der Waals surface area contributed by atoms with Gasteiger partial charge in [0.1, 0.15) is 6.61 Å². The second-order valence-corrected chi connectivity index (χ2v) is 5.75. The maximum atomic E-state index is 11.7. The maximum absolute atomic E-state index is 11.7. The Bertz CT molecular complexity index is 447.